The number of rotatable bonds is 8. The highest BCUT2D eigenvalue weighted by molar-refractivity contribution is 9.10. The minimum atomic E-state index is -0.444. The van der Waals surface area contributed by atoms with E-state index in [0.717, 1.165) is 16.5 Å². The zero-order valence-corrected chi connectivity index (χ0v) is 15.5. The maximum Gasteiger partial charge on any atom is 0.407 e. The van der Waals surface area contributed by atoms with Gasteiger partial charge >= 0.3 is 6.09 Å². The fourth-order valence-corrected chi connectivity index (χ4v) is 2.45. The Bertz CT molecular complexity index is 503. The summed E-state index contributed by atoms with van der Waals surface area (Å²) >= 11 is 3.37. The second kappa shape index (κ2) is 10.3. The first-order valence-corrected chi connectivity index (χ1v) is 8.64. The van der Waals surface area contributed by atoms with Crippen molar-refractivity contribution in [2.24, 2.45) is 5.92 Å². The van der Waals surface area contributed by atoms with Crippen LogP contribution in [-0.4, -0.2) is 31.2 Å². The summed E-state index contributed by atoms with van der Waals surface area (Å²) in [7, 11) is 0. The molecule has 5 nitrogen and oxygen atoms in total. The van der Waals surface area contributed by atoms with E-state index in [-0.39, 0.29) is 11.9 Å². The van der Waals surface area contributed by atoms with Crippen molar-refractivity contribution >= 4 is 27.9 Å². The highest BCUT2D eigenvalue weighted by Crippen LogP contribution is 2.11. The van der Waals surface area contributed by atoms with Crippen molar-refractivity contribution in [1.29, 1.82) is 0 Å². The van der Waals surface area contributed by atoms with Crippen LogP contribution in [-0.2, 0) is 16.0 Å². The van der Waals surface area contributed by atoms with Crippen molar-refractivity contribution in [1.82, 2.24) is 10.6 Å². The van der Waals surface area contributed by atoms with Crippen LogP contribution in [0, 0.1) is 5.92 Å². The van der Waals surface area contributed by atoms with Gasteiger partial charge in [-0.15, -0.1) is 0 Å². The summed E-state index contributed by atoms with van der Waals surface area (Å²) in [6.07, 6.45) is 0.652. The van der Waals surface area contributed by atoms with E-state index in [4.69, 9.17) is 4.74 Å². The summed E-state index contributed by atoms with van der Waals surface area (Å²) < 4.78 is 5.88. The van der Waals surface area contributed by atoms with E-state index in [1.807, 2.05) is 24.3 Å². The summed E-state index contributed by atoms with van der Waals surface area (Å²) in [5.74, 6) is 0.344. The molecule has 0 spiro atoms. The Morgan fingerprint density at radius 1 is 1.22 bits per heavy atom. The first-order valence-electron chi connectivity index (χ1n) is 7.85. The maximum absolute atomic E-state index is 12.0. The number of benzene rings is 1. The molecule has 0 aromatic heterocycles. The Labute approximate surface area is 146 Å². The van der Waals surface area contributed by atoms with Crippen LogP contribution >= 0.6 is 15.9 Å². The van der Waals surface area contributed by atoms with E-state index in [1.165, 1.54) is 0 Å². The number of carbonyl (C=O) groups excluding carboxylic acids is 2. The third-order valence-electron chi connectivity index (χ3n) is 3.18. The van der Waals surface area contributed by atoms with Crippen LogP contribution in [0.1, 0.15) is 32.8 Å². The van der Waals surface area contributed by atoms with E-state index >= 15 is 0 Å². The summed E-state index contributed by atoms with van der Waals surface area (Å²) in [6, 6.07) is 7.50. The number of halogens is 1. The SMILES string of the molecule is CCOC(=O)NC(CNC(=O)Cc1ccc(Br)cc1)CC(C)C. The van der Waals surface area contributed by atoms with Crippen LogP contribution in [0.5, 0.6) is 0 Å². The Hall–Kier alpha value is -1.56. The molecule has 128 valence electrons. The monoisotopic (exact) mass is 384 g/mol. The maximum atomic E-state index is 12.0. The fraction of sp³-hybridized carbons (Fsp3) is 0.529. The minimum Gasteiger partial charge on any atom is -0.450 e. The molecule has 1 rings (SSSR count). The quantitative estimate of drug-likeness (QED) is 0.722. The molecule has 2 N–H and O–H groups in total. The lowest BCUT2D eigenvalue weighted by atomic mass is 10.0. The molecule has 1 unspecified atom stereocenters. The first kappa shape index (κ1) is 19.5. The van der Waals surface area contributed by atoms with Crippen molar-refractivity contribution in [3.05, 3.63) is 34.3 Å². The summed E-state index contributed by atoms with van der Waals surface area (Å²) in [5.41, 5.74) is 0.949. The van der Waals surface area contributed by atoms with Gasteiger partial charge in [0.2, 0.25) is 5.91 Å². The summed E-state index contributed by atoms with van der Waals surface area (Å²) in [5, 5.41) is 5.67. The molecule has 0 aliphatic heterocycles. The van der Waals surface area contributed by atoms with E-state index in [0.29, 0.717) is 25.5 Å². The molecule has 0 saturated heterocycles. The molecule has 6 heteroatoms. The molecule has 0 bridgehead atoms. The van der Waals surface area contributed by atoms with Crippen LogP contribution in [0.2, 0.25) is 0 Å². The van der Waals surface area contributed by atoms with Crippen LogP contribution < -0.4 is 10.6 Å². The third-order valence-corrected chi connectivity index (χ3v) is 3.71. The first-order chi connectivity index (χ1) is 10.9. The van der Waals surface area contributed by atoms with Crippen molar-refractivity contribution in [2.75, 3.05) is 13.2 Å². The van der Waals surface area contributed by atoms with Crippen molar-refractivity contribution in [2.45, 2.75) is 39.7 Å². The van der Waals surface area contributed by atoms with Gasteiger partial charge < -0.3 is 15.4 Å². The molecule has 0 fully saturated rings. The van der Waals surface area contributed by atoms with Gasteiger partial charge in [-0.1, -0.05) is 41.9 Å². The number of alkyl carbamates (subject to hydrolysis) is 1. The molecule has 0 heterocycles. The Morgan fingerprint density at radius 2 is 1.87 bits per heavy atom. The number of ether oxygens (including phenoxy) is 1. The van der Waals surface area contributed by atoms with Gasteiger partial charge in [-0.3, -0.25) is 4.79 Å². The van der Waals surface area contributed by atoms with Crippen molar-refractivity contribution < 1.29 is 14.3 Å². The summed E-state index contributed by atoms with van der Waals surface area (Å²) in [4.78, 5) is 23.6. The van der Waals surface area contributed by atoms with Crippen LogP contribution in [0.15, 0.2) is 28.7 Å². The molecule has 0 saturated carbocycles. The highest BCUT2D eigenvalue weighted by atomic mass is 79.9. The van der Waals surface area contributed by atoms with Gasteiger partial charge in [0, 0.05) is 17.1 Å². The highest BCUT2D eigenvalue weighted by Gasteiger charge is 2.15. The second-order valence-electron chi connectivity index (χ2n) is 5.80. The predicted octanol–water partition coefficient (Wildman–Crippen LogP) is 3.27. The molecule has 1 atom stereocenters. The second-order valence-corrected chi connectivity index (χ2v) is 6.71. The topological polar surface area (TPSA) is 67.4 Å². The van der Waals surface area contributed by atoms with Crippen LogP contribution in [0.25, 0.3) is 0 Å². The number of carbonyl (C=O) groups is 2. The van der Waals surface area contributed by atoms with E-state index in [9.17, 15) is 9.59 Å². The van der Waals surface area contributed by atoms with Crippen LogP contribution in [0.4, 0.5) is 4.79 Å². The third kappa shape index (κ3) is 8.59. The zero-order valence-electron chi connectivity index (χ0n) is 13.9. The number of nitrogens with one attached hydrogen (secondary N) is 2. The lowest BCUT2D eigenvalue weighted by Gasteiger charge is -2.20. The molecule has 1 aromatic carbocycles. The van der Waals surface area contributed by atoms with Gasteiger partial charge in [0.25, 0.3) is 0 Å². The number of hydrogen-bond donors (Lipinski definition) is 2. The molecular formula is C17H25BrN2O3. The molecule has 0 aliphatic carbocycles. The zero-order chi connectivity index (χ0) is 17.2. The Morgan fingerprint density at radius 3 is 2.43 bits per heavy atom. The van der Waals surface area contributed by atoms with Gasteiger partial charge in [0.15, 0.2) is 0 Å². The van der Waals surface area contributed by atoms with Gasteiger partial charge in [-0.05, 0) is 37.0 Å². The smallest absolute Gasteiger partial charge is 0.407 e. The largest absolute Gasteiger partial charge is 0.450 e. The Kier molecular flexibility index (Phi) is 8.69. The predicted molar refractivity (Wildman–Crippen MR) is 94.3 cm³/mol. The molecule has 0 aliphatic rings. The van der Waals surface area contributed by atoms with E-state index in [2.05, 4.69) is 40.4 Å². The normalized spacial score (nSPS) is 11.9. The molecule has 2 amide bonds. The van der Waals surface area contributed by atoms with Crippen molar-refractivity contribution in [3.63, 3.8) is 0 Å². The molecular weight excluding hydrogens is 360 g/mol. The van der Waals surface area contributed by atoms with Gasteiger partial charge in [0.1, 0.15) is 0 Å². The Balaban J connectivity index is 2.47. The van der Waals surface area contributed by atoms with Crippen molar-refractivity contribution in [3.8, 4) is 0 Å². The lowest BCUT2D eigenvalue weighted by Crippen LogP contribution is -2.44. The van der Waals surface area contributed by atoms with Gasteiger partial charge in [-0.2, -0.15) is 0 Å². The average Bonchev–Trinajstić information content (AvgIpc) is 2.47. The number of hydrogen-bond acceptors (Lipinski definition) is 3. The van der Waals surface area contributed by atoms with E-state index in [1.54, 1.807) is 6.92 Å². The van der Waals surface area contributed by atoms with Gasteiger partial charge in [-0.25, -0.2) is 4.79 Å². The lowest BCUT2D eigenvalue weighted by molar-refractivity contribution is -0.120. The van der Waals surface area contributed by atoms with E-state index < -0.39 is 6.09 Å². The minimum absolute atomic E-state index is 0.0632. The van der Waals surface area contributed by atoms with Crippen LogP contribution in [0.3, 0.4) is 0 Å². The molecule has 0 radical (unpaired) electrons. The fourth-order valence-electron chi connectivity index (χ4n) is 2.19. The summed E-state index contributed by atoms with van der Waals surface area (Å²) in [6.45, 7) is 6.63. The average molecular weight is 385 g/mol. The standard InChI is InChI=1S/C17H25BrN2O3/c1-4-23-17(22)20-15(9-12(2)3)11-19-16(21)10-13-5-7-14(18)8-6-13/h5-8,12,15H,4,9-11H2,1-3H3,(H,19,21)(H,20,22). The van der Waals surface area contributed by atoms with Gasteiger partial charge in [0.05, 0.1) is 13.0 Å². The molecule has 23 heavy (non-hydrogen) atoms. The number of amides is 2. The molecule has 1 aromatic rings.